The molecular weight excluding hydrogens is 1410 g/mol. The molecule has 0 unspecified atom stereocenters. The topological polar surface area (TPSA) is 171 Å². The van der Waals surface area contributed by atoms with Gasteiger partial charge in [-0.1, -0.05) is 326 Å². The predicted octanol–water partition coefficient (Wildman–Crippen LogP) is 27.3. The lowest BCUT2D eigenvalue weighted by Crippen LogP contribution is -2.13. The summed E-state index contributed by atoms with van der Waals surface area (Å²) in [5, 5.41) is 19.1. The molecule has 2 N–H and O–H groups in total. The first-order valence-electron chi connectivity index (χ1n) is 37.5. The third-order valence-electron chi connectivity index (χ3n) is 15.5. The minimum absolute atomic E-state index is 0.162. The van der Waals surface area contributed by atoms with E-state index in [-0.39, 0.29) is 37.2 Å². The molecule has 0 spiro atoms. The van der Waals surface area contributed by atoms with Gasteiger partial charge in [-0.15, -0.1) is 0 Å². The molecule has 0 saturated heterocycles. The first kappa shape index (κ1) is 97.5. The van der Waals surface area contributed by atoms with Crippen molar-refractivity contribution >= 4 is 31.6 Å². The van der Waals surface area contributed by atoms with Gasteiger partial charge in [0, 0.05) is 21.5 Å². The van der Waals surface area contributed by atoms with E-state index in [0.717, 1.165) is 84.0 Å². The van der Waals surface area contributed by atoms with Crippen LogP contribution in [0.4, 0.5) is 5.69 Å². The highest BCUT2D eigenvalue weighted by atomic mass is 79.9. The zero-order valence-electron chi connectivity index (χ0n) is 71.4. The van der Waals surface area contributed by atoms with Crippen LogP contribution in [0.5, 0.6) is 11.5 Å². The van der Waals surface area contributed by atoms with Crippen molar-refractivity contribution < 1.29 is 22.8 Å². The number of hydrogen-bond donors (Lipinski definition) is 1. The van der Waals surface area contributed by atoms with Crippen LogP contribution in [0.1, 0.15) is 233 Å². The number of benzene rings is 8. The monoisotopic (exact) mass is 1540 g/mol. The van der Waals surface area contributed by atoms with Crippen LogP contribution in [0.15, 0.2) is 203 Å². The number of rotatable bonds is 14. The molecule has 588 valence electrons. The lowest BCUT2D eigenvalue weighted by atomic mass is 9.87. The Morgan fingerprint density at radius 3 is 1.15 bits per heavy atom. The van der Waals surface area contributed by atoms with Gasteiger partial charge in [-0.05, 0) is 225 Å². The van der Waals surface area contributed by atoms with E-state index < -0.39 is 10.0 Å². The number of nitrogens with two attached hydrogens (primary N) is 1. The number of aryl methyl sites for hydroxylation is 3. The molecule has 0 amide bonds. The number of nitrogens with zero attached hydrogens (tertiary/aromatic N) is 4. The molecule has 0 atom stereocenters. The van der Waals surface area contributed by atoms with Crippen molar-refractivity contribution in [2.45, 2.75) is 250 Å². The molecule has 0 saturated carbocycles. The van der Waals surface area contributed by atoms with Crippen molar-refractivity contribution in [3.05, 3.63) is 280 Å². The third kappa shape index (κ3) is 50.7. The lowest BCUT2D eigenvalue weighted by Gasteiger charge is -2.20. The summed E-state index contributed by atoms with van der Waals surface area (Å²) in [7, 11) is -0.178. The maximum absolute atomic E-state index is 11.0. The van der Waals surface area contributed by atoms with Crippen molar-refractivity contribution in [1.82, 2.24) is 0 Å². The number of nitro groups is 1. The van der Waals surface area contributed by atoms with E-state index in [0.29, 0.717) is 28.2 Å². The van der Waals surface area contributed by atoms with Gasteiger partial charge in [0.1, 0.15) is 11.5 Å². The Morgan fingerprint density at radius 2 is 0.766 bits per heavy atom. The van der Waals surface area contributed by atoms with Crippen LogP contribution in [0.2, 0.25) is 0 Å². The molecule has 8 aromatic rings. The molecule has 0 aromatic heterocycles. The van der Waals surface area contributed by atoms with Crippen LogP contribution >= 0.6 is 15.9 Å². The number of primary sulfonamides is 1. The van der Waals surface area contributed by atoms with Crippen LogP contribution < -0.4 is 14.6 Å². The zero-order chi connectivity index (χ0) is 82.0. The van der Waals surface area contributed by atoms with Crippen molar-refractivity contribution in [2.75, 3.05) is 14.2 Å². The molecule has 0 aliphatic carbocycles. The highest BCUT2D eigenvalue weighted by Crippen LogP contribution is 2.32. The Balaban J connectivity index is 0.000000613. The Kier molecular flexibility index (Phi) is 40.8. The van der Waals surface area contributed by atoms with Crippen LogP contribution in [-0.4, -0.2) is 27.6 Å². The molecule has 13 heteroatoms. The molecule has 0 aliphatic heterocycles. The average molecular weight is 1550 g/mol. The zero-order valence-corrected chi connectivity index (χ0v) is 73.8. The Bertz CT molecular complexity index is 3970. The molecule has 0 bridgehead atoms. The van der Waals surface area contributed by atoms with Crippen LogP contribution in [0, 0.1) is 74.2 Å². The van der Waals surface area contributed by atoms with E-state index in [9.17, 15) is 18.5 Å². The minimum Gasteiger partial charge on any atom is -0.497 e. The van der Waals surface area contributed by atoms with E-state index in [1.807, 2.05) is 48.5 Å². The van der Waals surface area contributed by atoms with Crippen molar-refractivity contribution in [3.8, 4) is 11.5 Å². The molecule has 107 heavy (non-hydrogen) atoms. The summed E-state index contributed by atoms with van der Waals surface area (Å²) in [5.41, 5.74) is 26.5. The number of sulfonamides is 1. The molecule has 11 nitrogen and oxygen atoms in total. The minimum atomic E-state index is -3.56. The lowest BCUT2D eigenvalue weighted by molar-refractivity contribution is -0.384. The largest absolute Gasteiger partial charge is 0.497 e. The second-order valence-electron chi connectivity index (χ2n) is 37.9. The summed E-state index contributed by atoms with van der Waals surface area (Å²) in [6, 6.07) is 62.5. The Hall–Kier alpha value is -7.54. The third-order valence-corrected chi connectivity index (χ3v) is 16.9. The number of ether oxygens (including phenoxy) is 2. The van der Waals surface area contributed by atoms with E-state index in [1.165, 1.54) is 56.1 Å². The van der Waals surface area contributed by atoms with Crippen molar-refractivity contribution in [1.29, 1.82) is 0 Å². The summed E-state index contributed by atoms with van der Waals surface area (Å²) >= 11 is 3.43. The van der Waals surface area contributed by atoms with Gasteiger partial charge in [-0.2, -0.15) is 0 Å². The predicted molar refractivity (Wildman–Crippen MR) is 463 cm³/mol. The van der Waals surface area contributed by atoms with Gasteiger partial charge in [0.25, 0.3) is 5.69 Å². The number of azide groups is 1. The number of methoxy groups -OCH3 is 2. The summed E-state index contributed by atoms with van der Waals surface area (Å²) in [6.45, 7) is 60.2. The maximum atomic E-state index is 11.0. The Morgan fingerprint density at radius 1 is 0.411 bits per heavy atom. The van der Waals surface area contributed by atoms with Crippen molar-refractivity contribution in [3.63, 3.8) is 0 Å². The quantitative estimate of drug-likeness (QED) is 0.0373. The first-order chi connectivity index (χ1) is 48.9. The highest BCUT2D eigenvalue weighted by Gasteiger charge is 2.19. The summed E-state index contributed by atoms with van der Waals surface area (Å²) in [4.78, 5) is 13.1. The van der Waals surface area contributed by atoms with Gasteiger partial charge in [0.05, 0.1) is 30.6 Å². The van der Waals surface area contributed by atoms with Crippen LogP contribution in [0.25, 0.3) is 10.4 Å². The molecule has 8 aromatic carbocycles. The van der Waals surface area contributed by atoms with Crippen molar-refractivity contribution in [2.24, 2.45) is 53.6 Å². The molecular formula is C94H138BrN5O6S. The smallest absolute Gasteiger partial charge is 0.269 e. The number of halogens is 1. The SMILES string of the molecule is CC(C)(C)Cc1ccc(Br)cc1.CC(C)(C)Cc1ccc(S(N)(=O)=O)cc1.CC(C)(C)Cc1cccc(CN=[N+]=[N-])c1.CC(C)(C)Cc1cccc([N+](=O)[O-])c1.CC(C)(C)Cc1ccccc1.COc1ccc(OC)c(CC(C)(C)C)c1.Cc1ccc(CC(C)(C)C)cc1.Cc1ccc(CC(C)(C)C)cc1C. The van der Waals surface area contributed by atoms with E-state index in [1.54, 1.807) is 38.5 Å². The summed E-state index contributed by atoms with van der Waals surface area (Å²) in [6.07, 6.45) is 8.41. The van der Waals surface area contributed by atoms with Gasteiger partial charge in [0.2, 0.25) is 10.0 Å². The molecule has 0 heterocycles. The van der Waals surface area contributed by atoms with E-state index in [4.69, 9.17) is 20.1 Å². The maximum Gasteiger partial charge on any atom is 0.269 e. The number of non-ortho nitro benzene ring substituents is 1. The van der Waals surface area contributed by atoms with E-state index >= 15 is 0 Å². The first-order valence-corrected chi connectivity index (χ1v) is 39.8. The number of nitro benzene ring substituents is 1. The molecule has 0 fully saturated rings. The molecule has 0 radical (unpaired) electrons. The van der Waals surface area contributed by atoms with E-state index in [2.05, 4.69) is 322 Å². The van der Waals surface area contributed by atoms with Crippen LogP contribution in [0.3, 0.4) is 0 Å². The van der Waals surface area contributed by atoms with Gasteiger partial charge in [-0.25, -0.2) is 13.6 Å². The average Bonchev–Trinajstić information content (AvgIpc) is 0.864. The second kappa shape index (κ2) is 44.8. The van der Waals surface area contributed by atoms with Crippen LogP contribution in [-0.2, 0) is 67.9 Å². The fraction of sp³-hybridized carbons (Fsp3) is 0.489. The van der Waals surface area contributed by atoms with Gasteiger partial charge >= 0.3 is 0 Å². The normalized spacial score (nSPS) is 11.6. The molecule has 0 aliphatic rings. The van der Waals surface area contributed by atoms with Gasteiger partial charge in [0.15, 0.2) is 0 Å². The fourth-order valence-corrected chi connectivity index (χ4v) is 12.0. The van der Waals surface area contributed by atoms with Gasteiger partial charge in [-0.3, -0.25) is 10.1 Å². The number of hydrogen-bond acceptors (Lipinski definition) is 7. The Labute approximate surface area is 659 Å². The second-order valence-corrected chi connectivity index (χ2v) is 40.4. The molecule has 8 rings (SSSR count). The van der Waals surface area contributed by atoms with Gasteiger partial charge < -0.3 is 9.47 Å². The highest BCUT2D eigenvalue weighted by molar-refractivity contribution is 9.10. The summed E-state index contributed by atoms with van der Waals surface area (Å²) < 4.78 is 33.7. The summed E-state index contributed by atoms with van der Waals surface area (Å²) in [5.74, 6) is 1.82. The standard InChI is InChI=1S/C13H20O2.C13H20.C12H17N3.C12H18.C11H15Br.C11H17NO2S.C11H15NO2.C11H16/c1-13(2,3)9-10-8-11(14-4)6-7-12(10)15-5;1-10-6-7-12(8-11(10)2)9-13(3,4)5;1-12(2,3)8-10-5-4-6-11(7-10)9-14-15-13;1-10-5-7-11(8-6-10)9-12(2,3)4;1-11(2,3)8-9-4-6-10(12)7-5-9;1-11(2,3)8-9-4-6-10(7-5-9)15(12,13)14;1-11(2,3)8-9-5-4-6-10(7-9)12(13)14;1-11(2,3)9-10-7-5-4-6-8-10/h6-8H,9H2,1-5H3;6-8H,9H2,1-5H3;4-7H,8-9H2,1-3H3;5-8H,9H2,1-4H3;4-7H,8H2,1-3H3;4-7H,8H2,1-3H3,(H2,12,13,14);4-7H,8H2,1-3H3;4-8H,9H2,1-3H3. The fourth-order valence-electron chi connectivity index (χ4n) is 11.2.